The van der Waals surface area contributed by atoms with Crippen LogP contribution in [0.1, 0.15) is 13.8 Å². The summed E-state index contributed by atoms with van der Waals surface area (Å²) >= 11 is 0. The number of aromatic nitrogens is 6. The summed E-state index contributed by atoms with van der Waals surface area (Å²) in [5, 5.41) is 7.92. The maximum Gasteiger partial charge on any atom is 0.336 e. The first kappa shape index (κ1) is 22.5. The van der Waals surface area contributed by atoms with Crippen molar-refractivity contribution in [1.82, 2.24) is 38.3 Å². The molecular formula is C21H26N8O4S. The van der Waals surface area contributed by atoms with Gasteiger partial charge in [-0.3, -0.25) is 4.57 Å². The molecule has 13 heteroatoms. The van der Waals surface area contributed by atoms with Gasteiger partial charge in [0, 0.05) is 32.7 Å². The van der Waals surface area contributed by atoms with Gasteiger partial charge in [-0.05, 0) is 39.1 Å². The molecule has 1 aliphatic rings. The molecule has 1 saturated heterocycles. The van der Waals surface area contributed by atoms with Crippen LogP contribution in [0, 0.1) is 0 Å². The molecule has 5 rings (SSSR count). The molecule has 34 heavy (non-hydrogen) atoms. The van der Waals surface area contributed by atoms with E-state index in [1.807, 2.05) is 20.9 Å². The third kappa shape index (κ3) is 3.56. The number of nitrogens with zero attached hydrogens (tertiary/aromatic N) is 7. The predicted octanol–water partition coefficient (Wildman–Crippen LogP) is 0.789. The summed E-state index contributed by atoms with van der Waals surface area (Å²) in [4.78, 5) is 23.0. The van der Waals surface area contributed by atoms with Gasteiger partial charge >= 0.3 is 5.69 Å². The summed E-state index contributed by atoms with van der Waals surface area (Å²) in [5.41, 5.74) is 1.48. The molecule has 1 N–H and O–H groups in total. The number of imidazole rings is 1. The number of rotatable bonds is 6. The highest BCUT2D eigenvalue weighted by Crippen LogP contribution is 2.33. The molecule has 0 aliphatic carbocycles. The van der Waals surface area contributed by atoms with Crippen molar-refractivity contribution in [2.24, 2.45) is 0 Å². The standard InChI is InChI=1S/C21H26N8O4S/c1-4-28-19-17(20-25-22-13-29(20)21(28)30)23-18(24-19)15-12-14(6-7-16(15)33-5-2)34(31,32)27-10-8-26(3)9-11-27/h6-7,12-13H,4-5,8-11H2,1-3H3,(H,23,24). The van der Waals surface area contributed by atoms with Crippen LogP contribution in [0.4, 0.5) is 0 Å². The van der Waals surface area contributed by atoms with Gasteiger partial charge in [-0.25, -0.2) is 22.6 Å². The number of sulfonamides is 1. The first-order chi connectivity index (χ1) is 16.3. The van der Waals surface area contributed by atoms with Gasteiger partial charge in [0.1, 0.15) is 23.4 Å². The smallest absolute Gasteiger partial charge is 0.336 e. The van der Waals surface area contributed by atoms with Gasteiger partial charge in [0.25, 0.3) is 0 Å². The second-order valence-electron chi connectivity index (χ2n) is 8.13. The molecule has 0 spiro atoms. The maximum absolute atomic E-state index is 13.4. The lowest BCUT2D eigenvalue weighted by molar-refractivity contribution is 0.222. The van der Waals surface area contributed by atoms with E-state index in [-0.39, 0.29) is 10.6 Å². The van der Waals surface area contributed by atoms with Gasteiger partial charge in [0.15, 0.2) is 11.3 Å². The minimum Gasteiger partial charge on any atom is -0.493 e. The van der Waals surface area contributed by atoms with Crippen LogP contribution in [0.5, 0.6) is 5.75 Å². The molecule has 0 saturated carbocycles. The summed E-state index contributed by atoms with van der Waals surface area (Å²) in [6, 6.07) is 4.78. The lowest BCUT2D eigenvalue weighted by Crippen LogP contribution is -2.47. The van der Waals surface area contributed by atoms with Crippen molar-refractivity contribution in [3.63, 3.8) is 0 Å². The van der Waals surface area contributed by atoms with E-state index < -0.39 is 10.0 Å². The Bertz CT molecular complexity index is 1530. The van der Waals surface area contributed by atoms with Crippen LogP contribution >= 0.6 is 0 Å². The molecule has 4 heterocycles. The molecule has 0 unspecified atom stereocenters. The molecule has 1 aromatic carbocycles. The Morgan fingerprint density at radius 2 is 1.88 bits per heavy atom. The molecule has 12 nitrogen and oxygen atoms in total. The van der Waals surface area contributed by atoms with Crippen LogP contribution in [0.25, 0.3) is 28.2 Å². The summed E-state index contributed by atoms with van der Waals surface area (Å²) < 4.78 is 36.9. The molecule has 3 aromatic heterocycles. The number of hydrogen-bond acceptors (Lipinski definition) is 8. The molecule has 0 radical (unpaired) electrons. The van der Waals surface area contributed by atoms with E-state index in [1.54, 1.807) is 18.2 Å². The van der Waals surface area contributed by atoms with Crippen LogP contribution in [0.2, 0.25) is 0 Å². The van der Waals surface area contributed by atoms with Crippen molar-refractivity contribution in [2.75, 3.05) is 39.8 Å². The normalized spacial score (nSPS) is 16.0. The van der Waals surface area contributed by atoms with Crippen molar-refractivity contribution in [2.45, 2.75) is 25.3 Å². The fraction of sp³-hybridized carbons (Fsp3) is 0.429. The van der Waals surface area contributed by atoms with E-state index in [1.165, 1.54) is 19.6 Å². The Morgan fingerprint density at radius 3 is 2.59 bits per heavy atom. The molecule has 1 aliphatic heterocycles. The van der Waals surface area contributed by atoms with Crippen molar-refractivity contribution >= 4 is 26.8 Å². The highest BCUT2D eigenvalue weighted by atomic mass is 32.2. The Kier molecular flexibility index (Phi) is 5.62. The number of aromatic amines is 1. The Labute approximate surface area is 195 Å². The van der Waals surface area contributed by atoms with E-state index in [4.69, 9.17) is 4.74 Å². The zero-order chi connectivity index (χ0) is 24.0. The molecule has 0 amide bonds. The van der Waals surface area contributed by atoms with Gasteiger partial charge in [-0.2, -0.15) is 4.31 Å². The summed E-state index contributed by atoms with van der Waals surface area (Å²) in [5.74, 6) is 0.869. The van der Waals surface area contributed by atoms with E-state index in [0.717, 1.165) is 0 Å². The average Bonchev–Trinajstić information content (AvgIpc) is 3.48. The number of H-pyrrole nitrogens is 1. The average molecular weight is 487 g/mol. The minimum absolute atomic E-state index is 0.163. The van der Waals surface area contributed by atoms with Crippen LogP contribution in [0.3, 0.4) is 0 Å². The van der Waals surface area contributed by atoms with Gasteiger partial charge in [-0.1, -0.05) is 0 Å². The number of aryl methyl sites for hydroxylation is 1. The van der Waals surface area contributed by atoms with E-state index >= 15 is 0 Å². The Hall–Kier alpha value is -3.29. The van der Waals surface area contributed by atoms with E-state index in [9.17, 15) is 13.2 Å². The van der Waals surface area contributed by atoms with Gasteiger partial charge in [0.2, 0.25) is 10.0 Å². The number of nitrogens with one attached hydrogen (secondary N) is 1. The molecule has 0 bridgehead atoms. The quantitative estimate of drug-likeness (QED) is 0.423. The maximum atomic E-state index is 13.4. The number of piperazine rings is 1. The fourth-order valence-corrected chi connectivity index (χ4v) is 5.66. The number of hydrogen-bond donors (Lipinski definition) is 1. The molecule has 4 aromatic rings. The third-order valence-corrected chi connectivity index (χ3v) is 7.97. The van der Waals surface area contributed by atoms with Crippen LogP contribution in [0.15, 0.2) is 34.2 Å². The van der Waals surface area contributed by atoms with Crippen molar-refractivity contribution in [1.29, 1.82) is 0 Å². The number of fused-ring (bicyclic) bond motifs is 3. The summed E-state index contributed by atoms with van der Waals surface area (Å²) in [6.07, 6.45) is 1.36. The summed E-state index contributed by atoms with van der Waals surface area (Å²) in [6.45, 7) is 6.70. The SMILES string of the molecule is CCOc1ccc(S(=O)(=O)N2CCN(C)CC2)cc1-c1nc2c([nH]1)c1nncn1c(=O)n2CC. The van der Waals surface area contributed by atoms with Crippen molar-refractivity contribution < 1.29 is 13.2 Å². The van der Waals surface area contributed by atoms with Gasteiger partial charge in [-0.15, -0.1) is 10.2 Å². The monoisotopic (exact) mass is 486 g/mol. The first-order valence-electron chi connectivity index (χ1n) is 11.1. The van der Waals surface area contributed by atoms with Crippen LogP contribution in [-0.4, -0.2) is 86.6 Å². The molecule has 1 fully saturated rings. The van der Waals surface area contributed by atoms with Crippen molar-refractivity contribution in [3.8, 4) is 17.1 Å². The highest BCUT2D eigenvalue weighted by molar-refractivity contribution is 7.89. The third-order valence-electron chi connectivity index (χ3n) is 6.07. The predicted molar refractivity (Wildman–Crippen MR) is 125 cm³/mol. The number of ether oxygens (including phenoxy) is 1. The second kappa shape index (κ2) is 8.49. The van der Waals surface area contributed by atoms with Crippen LogP contribution < -0.4 is 10.4 Å². The zero-order valence-electron chi connectivity index (χ0n) is 19.2. The highest BCUT2D eigenvalue weighted by Gasteiger charge is 2.29. The zero-order valence-corrected chi connectivity index (χ0v) is 20.0. The lowest BCUT2D eigenvalue weighted by Gasteiger charge is -2.31. The Balaban J connectivity index is 1.68. The fourth-order valence-electron chi connectivity index (χ4n) is 4.21. The lowest BCUT2D eigenvalue weighted by atomic mass is 10.2. The molecular weight excluding hydrogens is 460 g/mol. The largest absolute Gasteiger partial charge is 0.493 e. The van der Waals surface area contributed by atoms with Crippen LogP contribution in [-0.2, 0) is 16.6 Å². The van der Waals surface area contributed by atoms with E-state index in [0.29, 0.717) is 73.3 Å². The minimum atomic E-state index is -3.70. The second-order valence-corrected chi connectivity index (χ2v) is 10.1. The number of benzene rings is 1. The molecule has 180 valence electrons. The number of likely N-dealkylation sites (N-methyl/N-ethyl adjacent to an activating group) is 1. The summed E-state index contributed by atoms with van der Waals surface area (Å²) in [7, 11) is -1.72. The van der Waals surface area contributed by atoms with Gasteiger partial charge < -0.3 is 14.6 Å². The van der Waals surface area contributed by atoms with Crippen molar-refractivity contribution in [3.05, 3.63) is 35.0 Å². The topological polar surface area (TPSA) is 131 Å². The Morgan fingerprint density at radius 1 is 1.12 bits per heavy atom. The molecule has 0 atom stereocenters. The first-order valence-corrected chi connectivity index (χ1v) is 12.6. The van der Waals surface area contributed by atoms with E-state index in [2.05, 4.69) is 25.1 Å². The van der Waals surface area contributed by atoms with Gasteiger partial charge in [0.05, 0.1) is 17.1 Å².